The molecule has 4 rings (SSSR count). The van der Waals surface area contributed by atoms with Gasteiger partial charge in [-0.05, 0) is 64.8 Å². The number of imide groups is 1. The molecule has 1 N–H and O–H groups in total. The van der Waals surface area contributed by atoms with E-state index in [0.29, 0.717) is 33.7 Å². The smallest absolute Gasteiger partial charge is 0.373 e. The molecular weight excluding hydrogens is 558 g/mol. The second kappa shape index (κ2) is 11.7. The van der Waals surface area contributed by atoms with E-state index in [0.717, 1.165) is 10.5 Å². The van der Waals surface area contributed by atoms with Gasteiger partial charge in [0, 0.05) is 5.56 Å². The highest BCUT2D eigenvalue weighted by Crippen LogP contribution is 2.38. The summed E-state index contributed by atoms with van der Waals surface area (Å²) >= 11 is 3.50. The monoisotopic (exact) mass is 579 g/mol. The number of halogens is 1. The minimum Gasteiger partial charge on any atom is -0.490 e. The number of hydrogen-bond donors (Lipinski definition) is 1. The van der Waals surface area contributed by atoms with Gasteiger partial charge in [0.15, 0.2) is 11.5 Å². The van der Waals surface area contributed by atoms with Crippen molar-refractivity contribution in [2.45, 2.75) is 20.1 Å². The first kappa shape index (κ1) is 26.5. The highest BCUT2D eigenvalue weighted by Gasteiger charge is 2.34. The number of esters is 1. The van der Waals surface area contributed by atoms with Crippen LogP contribution >= 0.6 is 15.9 Å². The van der Waals surface area contributed by atoms with Crippen molar-refractivity contribution < 1.29 is 33.0 Å². The lowest BCUT2D eigenvalue weighted by Gasteiger charge is -2.15. The van der Waals surface area contributed by atoms with Crippen molar-refractivity contribution in [3.05, 3.63) is 86.9 Å². The molecule has 1 aliphatic rings. The molecule has 1 aromatic heterocycles. The summed E-state index contributed by atoms with van der Waals surface area (Å²) in [6.07, 6.45) is 1.52. The number of nitrogens with one attached hydrogen (secondary N) is 1. The second-order valence-electron chi connectivity index (χ2n) is 7.96. The number of amides is 3. The molecular formula is C27H22BrN3O7. The predicted octanol–water partition coefficient (Wildman–Crippen LogP) is 4.77. The van der Waals surface area contributed by atoms with Crippen LogP contribution in [0.5, 0.6) is 11.5 Å². The number of rotatable bonds is 9. The Balaban J connectivity index is 1.54. The van der Waals surface area contributed by atoms with Gasteiger partial charge in [0.2, 0.25) is 5.76 Å². The summed E-state index contributed by atoms with van der Waals surface area (Å²) in [4.78, 5) is 38.0. The first-order valence-electron chi connectivity index (χ1n) is 11.4. The van der Waals surface area contributed by atoms with Gasteiger partial charge in [-0.2, -0.15) is 5.26 Å². The number of methoxy groups -OCH3 is 1. The molecule has 0 saturated carbocycles. The lowest BCUT2D eigenvalue weighted by molar-refractivity contribution is -0.123. The van der Waals surface area contributed by atoms with Crippen molar-refractivity contribution in [2.24, 2.45) is 0 Å². The zero-order chi connectivity index (χ0) is 27.2. The van der Waals surface area contributed by atoms with Crippen LogP contribution in [0.2, 0.25) is 0 Å². The Hall–Kier alpha value is -4.56. The molecule has 11 heteroatoms. The number of hydrogen-bond acceptors (Lipinski definition) is 8. The molecule has 0 unspecified atom stereocenters. The third-order valence-corrected chi connectivity index (χ3v) is 6.07. The summed E-state index contributed by atoms with van der Waals surface area (Å²) in [7, 11) is 1.22. The van der Waals surface area contributed by atoms with Crippen LogP contribution < -0.4 is 14.8 Å². The molecule has 1 saturated heterocycles. The van der Waals surface area contributed by atoms with Gasteiger partial charge in [0.05, 0.1) is 36.4 Å². The maximum Gasteiger partial charge on any atom is 0.373 e. The average molecular weight is 580 g/mol. The van der Waals surface area contributed by atoms with E-state index in [2.05, 4.69) is 32.1 Å². The fourth-order valence-electron chi connectivity index (χ4n) is 3.69. The van der Waals surface area contributed by atoms with Crippen LogP contribution in [0.4, 0.5) is 4.79 Å². The van der Waals surface area contributed by atoms with Gasteiger partial charge >= 0.3 is 12.0 Å². The third-order valence-electron chi connectivity index (χ3n) is 5.48. The molecule has 194 valence electrons. The zero-order valence-electron chi connectivity index (χ0n) is 20.4. The number of nitriles is 1. The Morgan fingerprint density at radius 1 is 1.18 bits per heavy atom. The summed E-state index contributed by atoms with van der Waals surface area (Å²) in [6.45, 7) is 2.17. The maximum absolute atomic E-state index is 13.0. The predicted molar refractivity (Wildman–Crippen MR) is 138 cm³/mol. The van der Waals surface area contributed by atoms with Gasteiger partial charge < -0.3 is 23.9 Å². The van der Waals surface area contributed by atoms with Crippen molar-refractivity contribution in [3.8, 4) is 17.6 Å². The lowest BCUT2D eigenvalue weighted by Crippen LogP contribution is -2.30. The fraction of sp³-hybridized carbons (Fsp3) is 0.185. The van der Waals surface area contributed by atoms with Gasteiger partial charge in [-0.15, -0.1) is 0 Å². The van der Waals surface area contributed by atoms with Crippen LogP contribution in [-0.2, 0) is 22.7 Å². The first-order valence-corrected chi connectivity index (χ1v) is 12.2. The van der Waals surface area contributed by atoms with E-state index in [1.807, 2.05) is 19.1 Å². The van der Waals surface area contributed by atoms with Crippen LogP contribution in [0.25, 0.3) is 6.08 Å². The van der Waals surface area contributed by atoms with Crippen molar-refractivity contribution >= 4 is 39.9 Å². The lowest BCUT2D eigenvalue weighted by atomic mass is 10.1. The van der Waals surface area contributed by atoms with Gasteiger partial charge in [-0.1, -0.05) is 18.2 Å². The number of ether oxygens (including phenoxy) is 3. The van der Waals surface area contributed by atoms with E-state index in [1.54, 1.807) is 24.3 Å². The van der Waals surface area contributed by atoms with Gasteiger partial charge in [-0.3, -0.25) is 9.69 Å². The van der Waals surface area contributed by atoms with Crippen LogP contribution in [0, 0.1) is 11.3 Å². The van der Waals surface area contributed by atoms with E-state index >= 15 is 0 Å². The number of nitrogens with zero attached hydrogens (tertiary/aromatic N) is 2. The molecule has 3 aromatic rings. The van der Waals surface area contributed by atoms with E-state index < -0.39 is 17.9 Å². The van der Waals surface area contributed by atoms with Crippen LogP contribution in [0.3, 0.4) is 0 Å². The Morgan fingerprint density at radius 3 is 2.71 bits per heavy atom. The van der Waals surface area contributed by atoms with Crippen LogP contribution in [-0.4, -0.2) is 36.5 Å². The van der Waals surface area contributed by atoms with Gasteiger partial charge in [-0.25, -0.2) is 9.59 Å². The topological polar surface area (TPSA) is 131 Å². The highest BCUT2D eigenvalue weighted by atomic mass is 79.9. The summed E-state index contributed by atoms with van der Waals surface area (Å²) in [6, 6.07) is 15.0. The minimum absolute atomic E-state index is 0.0305. The van der Waals surface area contributed by atoms with Crippen molar-refractivity contribution in [1.29, 1.82) is 5.26 Å². The molecule has 1 aliphatic heterocycles. The summed E-state index contributed by atoms with van der Waals surface area (Å²) in [5.74, 6) is -0.153. The number of benzene rings is 2. The van der Waals surface area contributed by atoms with E-state index in [4.69, 9.17) is 13.9 Å². The Bertz CT molecular complexity index is 1470. The molecule has 3 amide bonds. The van der Waals surface area contributed by atoms with Gasteiger partial charge in [0.1, 0.15) is 18.1 Å². The van der Waals surface area contributed by atoms with Crippen LogP contribution in [0.15, 0.2) is 63.1 Å². The molecule has 0 spiro atoms. The molecule has 0 radical (unpaired) electrons. The summed E-state index contributed by atoms with van der Waals surface area (Å²) in [5, 5.41) is 11.9. The normalized spacial score (nSPS) is 13.8. The molecule has 0 bridgehead atoms. The number of carbonyl (C=O) groups is 3. The van der Waals surface area contributed by atoms with Gasteiger partial charge in [0.25, 0.3) is 5.91 Å². The Kier molecular flexibility index (Phi) is 8.13. The largest absolute Gasteiger partial charge is 0.490 e. The highest BCUT2D eigenvalue weighted by molar-refractivity contribution is 9.10. The van der Waals surface area contributed by atoms with Crippen molar-refractivity contribution in [3.63, 3.8) is 0 Å². The molecule has 0 atom stereocenters. The van der Waals surface area contributed by atoms with E-state index in [-0.39, 0.29) is 30.4 Å². The maximum atomic E-state index is 13.0. The summed E-state index contributed by atoms with van der Waals surface area (Å²) in [5.41, 5.74) is 1.87. The number of urea groups is 1. The van der Waals surface area contributed by atoms with Crippen molar-refractivity contribution in [1.82, 2.24) is 10.2 Å². The third kappa shape index (κ3) is 5.71. The summed E-state index contributed by atoms with van der Waals surface area (Å²) < 4.78 is 22.3. The average Bonchev–Trinajstić information content (AvgIpc) is 3.48. The molecule has 2 aromatic carbocycles. The minimum atomic E-state index is -0.661. The Morgan fingerprint density at radius 2 is 1.97 bits per heavy atom. The van der Waals surface area contributed by atoms with Crippen LogP contribution in [0.1, 0.15) is 39.9 Å². The molecule has 10 nitrogen and oxygen atoms in total. The molecule has 38 heavy (non-hydrogen) atoms. The molecule has 0 aliphatic carbocycles. The fourth-order valence-corrected chi connectivity index (χ4v) is 4.26. The SMILES string of the molecule is CCOc1cc(/C=C2\NC(=O)N(Cc3ccc(C(=O)OC)o3)C2=O)cc(Br)c1OCc1ccccc1C#N. The zero-order valence-corrected chi connectivity index (χ0v) is 22.0. The molecule has 1 fully saturated rings. The standard InChI is InChI=1S/C27H22BrN3O7/c1-3-36-23-12-16(10-20(28)24(23)37-15-18-7-5-4-6-17(18)13-29)11-21-25(32)31(27(34)30-21)14-19-8-9-22(38-19)26(33)35-2/h4-12H,3,14-15H2,1-2H3,(H,30,34)/b21-11-. The van der Waals surface area contributed by atoms with E-state index in [9.17, 15) is 19.6 Å². The van der Waals surface area contributed by atoms with E-state index in [1.165, 1.54) is 25.3 Å². The number of furan rings is 1. The second-order valence-corrected chi connectivity index (χ2v) is 8.81. The number of carbonyl (C=O) groups excluding carboxylic acids is 3. The molecule has 2 heterocycles. The Labute approximate surface area is 226 Å². The first-order chi connectivity index (χ1) is 18.3. The quantitative estimate of drug-likeness (QED) is 0.218. The van der Waals surface area contributed by atoms with Crippen molar-refractivity contribution in [2.75, 3.05) is 13.7 Å².